The summed E-state index contributed by atoms with van der Waals surface area (Å²) in [5.41, 5.74) is 5.38. The van der Waals surface area contributed by atoms with Gasteiger partial charge in [0.05, 0.1) is 12.1 Å². The average molecular weight is 231 g/mol. The minimum atomic E-state index is -1.15. The summed E-state index contributed by atoms with van der Waals surface area (Å²) in [7, 11) is 0. The number of hydrogen-bond donors (Lipinski definition) is 4. The number of amides is 1. The zero-order valence-corrected chi connectivity index (χ0v) is 8.84. The Balaban J connectivity index is 4.13. The molecule has 0 bridgehead atoms. The molecule has 0 aromatic carbocycles. The minimum Gasteiger partial charge on any atom is -0.481 e. The number of nitrogens with two attached hydrogens (primary N) is 1. The molecular weight excluding hydrogens is 216 g/mol. The van der Waals surface area contributed by atoms with Crippen LogP contribution in [0.4, 0.5) is 0 Å². The summed E-state index contributed by atoms with van der Waals surface area (Å²) in [4.78, 5) is 31.9. The summed E-state index contributed by atoms with van der Waals surface area (Å²) in [5.74, 6) is -1.74. The van der Waals surface area contributed by atoms with Gasteiger partial charge in [0.2, 0.25) is 12.2 Å². The van der Waals surface area contributed by atoms with Crippen LogP contribution in [0.2, 0.25) is 0 Å². The molecule has 0 saturated heterocycles. The van der Waals surface area contributed by atoms with E-state index >= 15 is 0 Å². The third kappa shape index (κ3) is 5.42. The van der Waals surface area contributed by atoms with Crippen LogP contribution in [0.25, 0.3) is 0 Å². The van der Waals surface area contributed by atoms with Gasteiger partial charge >= 0.3 is 5.97 Å². The van der Waals surface area contributed by atoms with Crippen LogP contribution >= 0.6 is 0 Å². The lowest BCUT2D eigenvalue weighted by Gasteiger charge is -2.17. The fourth-order valence-electron chi connectivity index (χ4n) is 0.919. The van der Waals surface area contributed by atoms with Gasteiger partial charge in [0.25, 0.3) is 0 Å². The Labute approximate surface area is 92.6 Å². The van der Waals surface area contributed by atoms with Crippen LogP contribution in [-0.2, 0) is 14.4 Å². The van der Waals surface area contributed by atoms with Crippen molar-refractivity contribution in [3.63, 3.8) is 0 Å². The van der Waals surface area contributed by atoms with Gasteiger partial charge < -0.3 is 21.3 Å². The third-order valence-corrected chi connectivity index (χ3v) is 1.91. The number of carbonyl (C=O) groups is 2. The fourth-order valence-corrected chi connectivity index (χ4v) is 0.919. The highest BCUT2D eigenvalue weighted by atomic mass is 16.4. The second kappa shape index (κ2) is 6.91. The average Bonchev–Trinajstić information content (AvgIpc) is 2.21. The summed E-state index contributed by atoms with van der Waals surface area (Å²) < 4.78 is 0. The van der Waals surface area contributed by atoms with Crippen molar-refractivity contribution in [3.8, 4) is 0 Å². The smallest absolute Gasteiger partial charge is 0.303 e. The van der Waals surface area contributed by atoms with Crippen molar-refractivity contribution in [1.82, 2.24) is 5.32 Å². The van der Waals surface area contributed by atoms with E-state index in [2.05, 4.69) is 5.32 Å². The van der Waals surface area contributed by atoms with Gasteiger partial charge in [0, 0.05) is 6.42 Å². The number of aliphatic carboxylic acids is 1. The molecule has 0 spiro atoms. The Morgan fingerprint density at radius 2 is 2.06 bits per heavy atom. The molecule has 7 nitrogen and oxygen atoms in total. The molecule has 0 aromatic heterocycles. The van der Waals surface area contributed by atoms with Crippen molar-refractivity contribution >= 4 is 18.2 Å². The zero-order valence-electron chi connectivity index (χ0n) is 8.84. The lowest BCUT2D eigenvalue weighted by Crippen LogP contribution is -2.49. The molecule has 0 aliphatic carbocycles. The van der Waals surface area contributed by atoms with Crippen LogP contribution in [0.1, 0.15) is 19.8 Å². The summed E-state index contributed by atoms with van der Waals surface area (Å²) >= 11 is 0. The van der Waals surface area contributed by atoms with E-state index in [0.29, 0.717) is 0 Å². The first-order valence-corrected chi connectivity index (χ1v) is 4.72. The second-order valence-electron chi connectivity index (χ2n) is 3.38. The van der Waals surface area contributed by atoms with Crippen LogP contribution in [0.3, 0.4) is 0 Å². The van der Waals surface area contributed by atoms with Crippen molar-refractivity contribution in [3.05, 3.63) is 0 Å². The van der Waals surface area contributed by atoms with Crippen molar-refractivity contribution < 1.29 is 24.6 Å². The lowest BCUT2D eigenvalue weighted by molar-refractivity contribution is -0.137. The lowest BCUT2D eigenvalue weighted by atomic mass is 10.1. The molecule has 7 heteroatoms. The number of carbonyl (C=O) groups excluding carboxylic acids is 2. The Kier molecular flexibility index (Phi) is 6.28. The highest BCUT2D eigenvalue weighted by Gasteiger charge is 2.21. The van der Waals surface area contributed by atoms with Gasteiger partial charge in [0.1, 0.15) is 6.04 Å². The molecule has 0 unspecified atom stereocenters. The molecule has 0 aliphatic rings. The van der Waals surface area contributed by atoms with E-state index < -0.39 is 30.1 Å². The van der Waals surface area contributed by atoms with Crippen LogP contribution in [0, 0.1) is 0 Å². The largest absolute Gasteiger partial charge is 0.481 e. The highest BCUT2D eigenvalue weighted by molar-refractivity contribution is 5.84. The minimum absolute atomic E-state index is 0.0352. The predicted octanol–water partition coefficient (Wildman–Crippen LogP) is -1.85. The normalized spacial score (nSPS) is 15.9. The van der Waals surface area contributed by atoms with E-state index in [9.17, 15) is 14.4 Å². The van der Waals surface area contributed by atoms with Crippen LogP contribution in [0.15, 0.2) is 0 Å². The summed E-state index contributed by atoms with van der Waals surface area (Å²) in [6.07, 6.45) is 0.1000. The second-order valence-corrected chi connectivity index (χ2v) is 3.38. The van der Waals surface area contributed by atoms with Crippen LogP contribution in [0.5, 0.6) is 0 Å². The van der Waals surface area contributed by atoms with Gasteiger partial charge in [-0.1, -0.05) is 0 Å². The van der Waals surface area contributed by atoms with E-state index in [-0.39, 0.29) is 12.8 Å². The van der Waals surface area contributed by atoms with Gasteiger partial charge in [-0.05, 0) is 13.3 Å². The maximum atomic E-state index is 11.3. The molecule has 0 fully saturated rings. The number of hydrogen-bond acceptors (Lipinski definition) is 5. The van der Waals surface area contributed by atoms with Gasteiger partial charge in [-0.3, -0.25) is 14.4 Å². The monoisotopic (exact) mass is 231 g/mol. The van der Waals surface area contributed by atoms with Gasteiger partial charge in [0.15, 0.2) is 0 Å². The summed E-state index contributed by atoms with van der Waals surface area (Å²) in [5, 5.41) is 19.6. The maximum absolute atomic E-state index is 11.3. The first-order valence-electron chi connectivity index (χ1n) is 4.72. The molecule has 1 radical (unpaired) electrons. The zero-order chi connectivity index (χ0) is 12.7. The topological polar surface area (TPSA) is 130 Å². The van der Waals surface area contributed by atoms with Gasteiger partial charge in [-0.2, -0.15) is 0 Å². The Morgan fingerprint density at radius 1 is 1.50 bits per heavy atom. The molecule has 5 N–H and O–H groups in total. The summed E-state index contributed by atoms with van der Waals surface area (Å²) in [6, 6.07) is -2.17. The van der Waals surface area contributed by atoms with E-state index in [1.54, 1.807) is 0 Å². The van der Waals surface area contributed by atoms with E-state index in [0.717, 1.165) is 0 Å². The molecule has 16 heavy (non-hydrogen) atoms. The first kappa shape index (κ1) is 14.5. The molecule has 0 aromatic rings. The molecule has 0 heterocycles. The van der Waals surface area contributed by atoms with Gasteiger partial charge in [-0.15, -0.1) is 0 Å². The van der Waals surface area contributed by atoms with Crippen LogP contribution in [-0.4, -0.2) is 46.6 Å². The SMILES string of the molecule is C[C@@H](O)[C@@H]([C]=O)NC(=O)[C@@H](N)CCC(=O)O. The van der Waals surface area contributed by atoms with Crippen molar-refractivity contribution in [1.29, 1.82) is 0 Å². The third-order valence-electron chi connectivity index (χ3n) is 1.91. The van der Waals surface area contributed by atoms with Crippen molar-refractivity contribution in [2.45, 2.75) is 38.0 Å². The van der Waals surface area contributed by atoms with Crippen LogP contribution < -0.4 is 11.1 Å². The Bertz CT molecular complexity index is 267. The maximum Gasteiger partial charge on any atom is 0.303 e. The highest BCUT2D eigenvalue weighted by Crippen LogP contribution is 1.96. The molecular formula is C9H15N2O5. The number of rotatable bonds is 7. The number of carboxylic acids is 1. The quantitative estimate of drug-likeness (QED) is 0.407. The molecule has 3 atom stereocenters. The predicted molar refractivity (Wildman–Crippen MR) is 54.2 cm³/mol. The van der Waals surface area contributed by atoms with E-state index in [4.69, 9.17) is 15.9 Å². The number of aliphatic hydroxyl groups excluding tert-OH is 1. The van der Waals surface area contributed by atoms with Gasteiger partial charge in [-0.25, -0.2) is 0 Å². The molecule has 0 aliphatic heterocycles. The molecule has 0 saturated carbocycles. The van der Waals surface area contributed by atoms with Crippen molar-refractivity contribution in [2.24, 2.45) is 5.73 Å². The molecule has 0 rings (SSSR count). The number of nitrogens with one attached hydrogen (secondary N) is 1. The standard InChI is InChI=1S/C9H15N2O5/c1-5(13)7(4-12)11-9(16)6(10)2-3-8(14)15/h5-7,13H,2-3,10H2,1H3,(H,11,16)(H,14,15)/t5-,6+,7-/m1/s1. The fraction of sp³-hybridized carbons (Fsp3) is 0.667. The Morgan fingerprint density at radius 3 is 2.44 bits per heavy atom. The first-order chi connectivity index (χ1) is 7.38. The molecule has 91 valence electrons. The molecule has 1 amide bonds. The van der Waals surface area contributed by atoms with E-state index in [1.165, 1.54) is 13.2 Å². The number of aliphatic hydroxyl groups is 1. The van der Waals surface area contributed by atoms with Crippen molar-refractivity contribution in [2.75, 3.05) is 0 Å². The summed E-state index contributed by atoms with van der Waals surface area (Å²) in [6.45, 7) is 1.32. The number of carboxylic acid groups (broad SMARTS) is 1. The van der Waals surface area contributed by atoms with E-state index in [1.807, 2.05) is 0 Å². The Hall–Kier alpha value is -1.47.